The minimum atomic E-state index is -0.569. The molecule has 0 heterocycles. The number of carbonyl (C=O) groups excluding carboxylic acids is 2. The Balaban J connectivity index is 2.00. The van der Waals surface area contributed by atoms with Crippen molar-refractivity contribution in [3.63, 3.8) is 0 Å². The van der Waals surface area contributed by atoms with E-state index in [1.54, 1.807) is 24.3 Å². The number of amides is 2. The average molecular weight is 340 g/mol. The van der Waals surface area contributed by atoms with Crippen molar-refractivity contribution in [2.75, 3.05) is 5.32 Å². The predicted molar refractivity (Wildman–Crippen MR) is 98.8 cm³/mol. The molecule has 2 aromatic carbocycles. The van der Waals surface area contributed by atoms with Gasteiger partial charge in [0.2, 0.25) is 11.8 Å². The molecule has 2 aromatic rings. The fourth-order valence-corrected chi connectivity index (χ4v) is 2.32. The molecule has 0 aromatic heterocycles. The maximum absolute atomic E-state index is 12.3. The van der Waals surface area contributed by atoms with E-state index in [-0.39, 0.29) is 17.7 Å². The van der Waals surface area contributed by atoms with Gasteiger partial charge >= 0.3 is 0 Å². The van der Waals surface area contributed by atoms with Gasteiger partial charge in [-0.25, -0.2) is 0 Å². The number of rotatable bonds is 6. The summed E-state index contributed by atoms with van der Waals surface area (Å²) in [6.07, 6.45) is 0. The molecule has 2 amide bonds. The van der Waals surface area contributed by atoms with Crippen LogP contribution in [0, 0.1) is 12.8 Å². The molecule has 0 saturated heterocycles. The highest BCUT2D eigenvalue weighted by Gasteiger charge is 2.22. The zero-order valence-corrected chi connectivity index (χ0v) is 15.0. The quantitative estimate of drug-likeness (QED) is 0.838. The van der Waals surface area contributed by atoms with Crippen LogP contribution in [-0.4, -0.2) is 17.9 Å². The first-order valence-electron chi connectivity index (χ1n) is 8.27. The molecule has 0 aliphatic rings. The van der Waals surface area contributed by atoms with Crippen molar-refractivity contribution in [1.82, 2.24) is 5.32 Å². The van der Waals surface area contributed by atoms with Crippen LogP contribution in [0.4, 0.5) is 5.69 Å². The highest BCUT2D eigenvalue weighted by Crippen LogP contribution is 2.23. The van der Waals surface area contributed by atoms with E-state index < -0.39 is 6.04 Å². The highest BCUT2D eigenvalue weighted by atomic mass is 16.5. The molecule has 132 valence electrons. The molecule has 25 heavy (non-hydrogen) atoms. The Bertz CT molecular complexity index is 722. The summed E-state index contributed by atoms with van der Waals surface area (Å²) in [6, 6.07) is 14.3. The van der Waals surface area contributed by atoms with Gasteiger partial charge in [0, 0.05) is 12.6 Å². The average Bonchev–Trinajstić information content (AvgIpc) is 2.56. The van der Waals surface area contributed by atoms with Crippen LogP contribution in [-0.2, 0) is 9.59 Å². The molecule has 0 fully saturated rings. The summed E-state index contributed by atoms with van der Waals surface area (Å²) in [4.78, 5) is 23.6. The third kappa shape index (κ3) is 5.64. The van der Waals surface area contributed by atoms with Gasteiger partial charge < -0.3 is 15.4 Å². The number of nitrogens with one attached hydrogen (secondary N) is 2. The summed E-state index contributed by atoms with van der Waals surface area (Å²) in [5, 5.41) is 5.49. The van der Waals surface area contributed by atoms with Crippen molar-refractivity contribution in [2.45, 2.75) is 33.7 Å². The Morgan fingerprint density at radius 3 is 1.92 bits per heavy atom. The number of benzene rings is 2. The Hall–Kier alpha value is -2.82. The summed E-state index contributed by atoms with van der Waals surface area (Å²) in [5.41, 5.74) is 1.82. The second-order valence-electron chi connectivity index (χ2n) is 6.35. The first-order chi connectivity index (χ1) is 11.8. The van der Waals surface area contributed by atoms with Crippen molar-refractivity contribution < 1.29 is 14.3 Å². The van der Waals surface area contributed by atoms with Crippen LogP contribution in [0.25, 0.3) is 0 Å². The van der Waals surface area contributed by atoms with Gasteiger partial charge in [-0.2, -0.15) is 0 Å². The summed E-state index contributed by atoms with van der Waals surface area (Å²) < 4.78 is 5.76. The van der Waals surface area contributed by atoms with Crippen LogP contribution in [0.5, 0.6) is 11.5 Å². The zero-order chi connectivity index (χ0) is 18.4. The van der Waals surface area contributed by atoms with Gasteiger partial charge in [0.25, 0.3) is 0 Å². The molecule has 0 saturated carbocycles. The summed E-state index contributed by atoms with van der Waals surface area (Å²) >= 11 is 0. The second-order valence-corrected chi connectivity index (χ2v) is 6.35. The van der Waals surface area contributed by atoms with Crippen molar-refractivity contribution in [2.24, 2.45) is 5.92 Å². The predicted octanol–water partition coefficient (Wildman–Crippen LogP) is 3.89. The second kappa shape index (κ2) is 8.33. The van der Waals surface area contributed by atoms with E-state index in [1.165, 1.54) is 12.5 Å². The van der Waals surface area contributed by atoms with E-state index in [0.717, 1.165) is 5.75 Å². The van der Waals surface area contributed by atoms with Crippen LogP contribution in [0.15, 0.2) is 48.5 Å². The normalized spacial score (nSPS) is 11.7. The molecular weight excluding hydrogens is 316 g/mol. The largest absolute Gasteiger partial charge is 0.457 e. The number of hydrogen-bond donors (Lipinski definition) is 2. The van der Waals surface area contributed by atoms with Gasteiger partial charge in [-0.15, -0.1) is 0 Å². The summed E-state index contributed by atoms with van der Waals surface area (Å²) in [7, 11) is 0. The van der Waals surface area contributed by atoms with Gasteiger partial charge in [-0.05, 0) is 49.2 Å². The number of aryl methyl sites for hydroxylation is 1. The van der Waals surface area contributed by atoms with Gasteiger partial charge in [0.15, 0.2) is 0 Å². The van der Waals surface area contributed by atoms with E-state index in [1.807, 2.05) is 45.0 Å². The first-order valence-corrected chi connectivity index (χ1v) is 8.27. The fourth-order valence-electron chi connectivity index (χ4n) is 2.32. The lowest BCUT2D eigenvalue weighted by molar-refractivity contribution is -0.126. The fraction of sp³-hybridized carbons (Fsp3) is 0.300. The molecule has 1 atom stereocenters. The molecule has 2 rings (SSSR count). The minimum absolute atomic E-state index is 0.00644. The standard InChI is InChI=1S/C20H24N2O3/c1-13(2)19(21-15(4)23)20(24)22-16-7-11-18(12-8-16)25-17-9-5-14(3)6-10-17/h5-13,19H,1-4H3,(H,21,23)(H,22,24)/t19-/m0/s1. The lowest BCUT2D eigenvalue weighted by Crippen LogP contribution is -2.46. The maximum atomic E-state index is 12.3. The molecular formula is C20H24N2O3. The summed E-state index contributed by atoms with van der Waals surface area (Å²) in [5.74, 6) is 0.971. The molecule has 5 nitrogen and oxygen atoms in total. The summed E-state index contributed by atoms with van der Waals surface area (Å²) in [6.45, 7) is 7.20. The third-order valence-corrected chi connectivity index (χ3v) is 3.69. The molecule has 0 aliphatic carbocycles. The van der Waals surface area contributed by atoms with E-state index in [4.69, 9.17) is 4.74 Å². The number of carbonyl (C=O) groups is 2. The lowest BCUT2D eigenvalue weighted by atomic mass is 10.0. The van der Waals surface area contributed by atoms with Gasteiger partial charge in [0.1, 0.15) is 17.5 Å². The monoisotopic (exact) mass is 340 g/mol. The van der Waals surface area contributed by atoms with Crippen molar-refractivity contribution in [3.8, 4) is 11.5 Å². The molecule has 0 spiro atoms. The Kier molecular flexibility index (Phi) is 6.17. The minimum Gasteiger partial charge on any atom is -0.457 e. The lowest BCUT2D eigenvalue weighted by Gasteiger charge is -2.21. The van der Waals surface area contributed by atoms with Crippen molar-refractivity contribution >= 4 is 17.5 Å². The Morgan fingerprint density at radius 1 is 0.920 bits per heavy atom. The van der Waals surface area contributed by atoms with Gasteiger partial charge in [-0.3, -0.25) is 9.59 Å². The third-order valence-electron chi connectivity index (χ3n) is 3.69. The van der Waals surface area contributed by atoms with Crippen molar-refractivity contribution in [3.05, 3.63) is 54.1 Å². The number of hydrogen-bond acceptors (Lipinski definition) is 3. The maximum Gasteiger partial charge on any atom is 0.247 e. The van der Waals surface area contributed by atoms with Gasteiger partial charge in [-0.1, -0.05) is 31.5 Å². The molecule has 2 N–H and O–H groups in total. The first kappa shape index (κ1) is 18.5. The number of anilines is 1. The smallest absolute Gasteiger partial charge is 0.247 e. The molecule has 0 unspecified atom stereocenters. The van der Waals surface area contributed by atoms with E-state index >= 15 is 0 Å². The van der Waals surface area contributed by atoms with Crippen LogP contribution in [0.3, 0.4) is 0 Å². The Labute approximate surface area is 148 Å². The molecule has 5 heteroatoms. The Morgan fingerprint density at radius 2 is 1.44 bits per heavy atom. The van der Waals surface area contributed by atoms with Crippen LogP contribution in [0.2, 0.25) is 0 Å². The molecule has 0 bridgehead atoms. The molecule has 0 aliphatic heterocycles. The zero-order valence-electron chi connectivity index (χ0n) is 15.0. The highest BCUT2D eigenvalue weighted by molar-refractivity contribution is 5.97. The van der Waals surface area contributed by atoms with E-state index in [2.05, 4.69) is 10.6 Å². The van der Waals surface area contributed by atoms with Crippen molar-refractivity contribution in [1.29, 1.82) is 0 Å². The SMILES string of the molecule is CC(=O)N[C@H](C(=O)Nc1ccc(Oc2ccc(C)cc2)cc1)C(C)C. The van der Waals surface area contributed by atoms with Gasteiger partial charge in [0.05, 0.1) is 0 Å². The van der Waals surface area contributed by atoms with E-state index in [0.29, 0.717) is 11.4 Å². The van der Waals surface area contributed by atoms with Crippen LogP contribution < -0.4 is 15.4 Å². The number of ether oxygens (including phenoxy) is 1. The van der Waals surface area contributed by atoms with Crippen LogP contribution in [0.1, 0.15) is 26.3 Å². The topological polar surface area (TPSA) is 67.4 Å². The molecule has 0 radical (unpaired) electrons. The van der Waals surface area contributed by atoms with E-state index in [9.17, 15) is 9.59 Å². The van der Waals surface area contributed by atoms with Crippen LogP contribution >= 0.6 is 0 Å².